The van der Waals surface area contributed by atoms with Crippen LogP contribution in [0.3, 0.4) is 0 Å². The molecule has 0 atom stereocenters. The third-order valence-corrected chi connectivity index (χ3v) is 0.972. The van der Waals surface area contributed by atoms with E-state index >= 15 is 0 Å². The maximum Gasteiger partial charge on any atom is 0.234 e. The zero-order chi connectivity index (χ0) is 5.98. The number of aromatic nitrogens is 2. The quantitative estimate of drug-likeness (QED) is 0.540. The highest BCUT2D eigenvalue weighted by molar-refractivity contribution is 7.97. The van der Waals surface area contributed by atoms with Crippen LogP contribution < -0.4 is 0 Å². The Hall–Kier alpha value is -0.770. The Morgan fingerprint density at radius 2 is 2.62 bits per heavy atom. The number of hydrogen-bond donors (Lipinski definition) is 2. The Balaban J connectivity index is 2.93. The van der Waals surface area contributed by atoms with E-state index in [9.17, 15) is 4.79 Å². The molecule has 0 amide bonds. The summed E-state index contributed by atoms with van der Waals surface area (Å²) in [5.41, 5.74) is 0.424. The van der Waals surface area contributed by atoms with Gasteiger partial charge in [0.25, 0.3) is 0 Å². The number of nitrogens with one attached hydrogen (secondary N) is 1. The molecule has 1 heterocycles. The summed E-state index contributed by atoms with van der Waals surface area (Å²) in [5.74, 6) is 0. The zero-order valence-electron chi connectivity index (χ0n) is 3.96. The molecule has 1 rings (SSSR count). The number of carbonyl (C=O) groups excluding carboxylic acids is 1. The van der Waals surface area contributed by atoms with Crippen molar-refractivity contribution in [3.63, 3.8) is 0 Å². The van der Waals surface area contributed by atoms with Crippen LogP contribution in [0.15, 0.2) is 12.3 Å². The summed E-state index contributed by atoms with van der Waals surface area (Å²) in [7, 11) is 0. The molecule has 42 valence electrons. The number of hydrogen-bond acceptors (Lipinski definition) is 2. The van der Waals surface area contributed by atoms with Gasteiger partial charge in [0.2, 0.25) is 5.12 Å². The van der Waals surface area contributed by atoms with Crippen molar-refractivity contribution in [3.05, 3.63) is 18.0 Å². The van der Waals surface area contributed by atoms with Crippen LogP contribution in [0.25, 0.3) is 0 Å². The molecule has 1 N–H and O–H groups in total. The molecule has 0 aliphatic rings. The van der Waals surface area contributed by atoms with Gasteiger partial charge >= 0.3 is 0 Å². The molecule has 0 saturated heterocycles. The van der Waals surface area contributed by atoms with E-state index in [0.29, 0.717) is 5.69 Å². The van der Waals surface area contributed by atoms with Crippen molar-refractivity contribution in [2.24, 2.45) is 0 Å². The molecule has 4 heteroatoms. The molecular weight excluding hydrogens is 124 g/mol. The second-order valence-corrected chi connectivity index (χ2v) is 1.68. The highest BCUT2D eigenvalue weighted by Crippen LogP contribution is 1.94. The fourth-order valence-corrected chi connectivity index (χ4v) is 0.500. The molecule has 1 aromatic heterocycles. The minimum Gasteiger partial charge on any atom is -0.280 e. The maximum atomic E-state index is 10.3. The average Bonchev–Trinajstić information content (AvgIpc) is 2.12. The van der Waals surface area contributed by atoms with Crippen LogP contribution in [0.1, 0.15) is 10.5 Å². The minimum absolute atomic E-state index is 0.289. The van der Waals surface area contributed by atoms with Gasteiger partial charge in [0.1, 0.15) is 5.69 Å². The van der Waals surface area contributed by atoms with E-state index in [1.54, 1.807) is 6.07 Å². The fraction of sp³-hybridized carbons (Fsp3) is 0. The highest BCUT2D eigenvalue weighted by Gasteiger charge is 1.96. The Bertz CT molecular complexity index is 182. The van der Waals surface area contributed by atoms with E-state index in [1.807, 2.05) is 0 Å². The van der Waals surface area contributed by atoms with Gasteiger partial charge in [-0.2, -0.15) is 5.10 Å². The lowest BCUT2D eigenvalue weighted by molar-refractivity contribution is 0.108. The molecular formula is C4H4N2OS. The largest absolute Gasteiger partial charge is 0.280 e. The number of thiol groups is 1. The van der Waals surface area contributed by atoms with Gasteiger partial charge in [-0.15, -0.1) is 0 Å². The number of nitrogens with zero attached hydrogens (tertiary/aromatic N) is 1. The summed E-state index contributed by atoms with van der Waals surface area (Å²) in [6, 6.07) is 1.56. The topological polar surface area (TPSA) is 45.8 Å². The van der Waals surface area contributed by atoms with Gasteiger partial charge in [-0.25, -0.2) is 0 Å². The Morgan fingerprint density at radius 1 is 1.88 bits per heavy atom. The van der Waals surface area contributed by atoms with Gasteiger partial charge in [0.05, 0.1) is 0 Å². The van der Waals surface area contributed by atoms with Crippen molar-refractivity contribution in [1.29, 1.82) is 0 Å². The van der Waals surface area contributed by atoms with Crippen LogP contribution in [-0.2, 0) is 0 Å². The summed E-state index contributed by atoms with van der Waals surface area (Å²) in [5, 5.41) is 5.72. The van der Waals surface area contributed by atoms with E-state index in [4.69, 9.17) is 0 Å². The van der Waals surface area contributed by atoms with Crippen LogP contribution in [0.2, 0.25) is 0 Å². The standard InChI is InChI=1S/C4H4N2OS/c7-4(8)3-1-2-5-6-3/h1-2H,(H,5,6)(H,7,8). The molecule has 0 bridgehead atoms. The monoisotopic (exact) mass is 128 g/mol. The lowest BCUT2D eigenvalue weighted by atomic mass is 10.5. The van der Waals surface area contributed by atoms with Gasteiger partial charge in [0, 0.05) is 6.20 Å². The van der Waals surface area contributed by atoms with Gasteiger partial charge < -0.3 is 0 Å². The molecule has 0 aliphatic heterocycles. The van der Waals surface area contributed by atoms with Gasteiger partial charge in [0.15, 0.2) is 0 Å². The molecule has 1 aromatic rings. The van der Waals surface area contributed by atoms with Crippen molar-refractivity contribution in [1.82, 2.24) is 10.2 Å². The van der Waals surface area contributed by atoms with E-state index in [0.717, 1.165) is 0 Å². The lowest BCUT2D eigenvalue weighted by Gasteiger charge is -1.79. The summed E-state index contributed by atoms with van der Waals surface area (Å²) in [6.07, 6.45) is 1.50. The molecule has 0 fully saturated rings. The predicted molar refractivity (Wildman–Crippen MR) is 31.9 cm³/mol. The van der Waals surface area contributed by atoms with Crippen LogP contribution >= 0.6 is 12.6 Å². The van der Waals surface area contributed by atoms with Gasteiger partial charge in [-0.1, -0.05) is 12.6 Å². The predicted octanol–water partition coefficient (Wildman–Crippen LogP) is 0.480. The van der Waals surface area contributed by atoms with Crippen molar-refractivity contribution in [2.75, 3.05) is 0 Å². The van der Waals surface area contributed by atoms with Crippen molar-refractivity contribution in [3.8, 4) is 0 Å². The number of carbonyl (C=O) groups is 1. The molecule has 0 radical (unpaired) electrons. The Kier molecular flexibility index (Phi) is 1.34. The van der Waals surface area contributed by atoms with Crippen LogP contribution in [-0.4, -0.2) is 15.3 Å². The summed E-state index contributed by atoms with van der Waals surface area (Å²) in [6.45, 7) is 0. The average molecular weight is 128 g/mol. The molecule has 8 heavy (non-hydrogen) atoms. The fourth-order valence-electron chi connectivity index (χ4n) is 0.375. The molecule has 3 nitrogen and oxygen atoms in total. The third kappa shape index (κ3) is 0.894. The highest BCUT2D eigenvalue weighted by atomic mass is 32.1. The molecule has 0 unspecified atom stereocenters. The van der Waals surface area contributed by atoms with E-state index in [1.165, 1.54) is 6.20 Å². The Labute approximate surface area is 51.5 Å². The van der Waals surface area contributed by atoms with E-state index < -0.39 is 0 Å². The van der Waals surface area contributed by atoms with Crippen LogP contribution in [0.5, 0.6) is 0 Å². The number of H-pyrrole nitrogens is 1. The summed E-state index contributed by atoms with van der Waals surface area (Å²) >= 11 is 3.54. The van der Waals surface area contributed by atoms with Crippen LogP contribution in [0.4, 0.5) is 0 Å². The Morgan fingerprint density at radius 3 is 2.88 bits per heavy atom. The zero-order valence-corrected chi connectivity index (χ0v) is 4.85. The number of rotatable bonds is 1. The molecule has 0 aromatic carbocycles. The van der Waals surface area contributed by atoms with Gasteiger partial charge in [-0.3, -0.25) is 9.89 Å². The van der Waals surface area contributed by atoms with Gasteiger partial charge in [-0.05, 0) is 6.07 Å². The molecule has 0 saturated carbocycles. The first kappa shape index (κ1) is 5.37. The second-order valence-electron chi connectivity index (χ2n) is 1.28. The van der Waals surface area contributed by atoms with E-state index in [-0.39, 0.29) is 5.12 Å². The molecule has 0 aliphatic carbocycles. The summed E-state index contributed by atoms with van der Waals surface area (Å²) < 4.78 is 0. The van der Waals surface area contributed by atoms with Crippen LogP contribution in [0, 0.1) is 0 Å². The SMILES string of the molecule is O=C(S)c1ccn[nH]1. The second kappa shape index (κ2) is 2.00. The molecule has 0 spiro atoms. The first-order valence-electron chi connectivity index (χ1n) is 2.03. The normalized spacial score (nSPS) is 9.12. The summed E-state index contributed by atoms with van der Waals surface area (Å²) in [4.78, 5) is 10.3. The third-order valence-electron chi connectivity index (χ3n) is 0.731. The smallest absolute Gasteiger partial charge is 0.234 e. The lowest BCUT2D eigenvalue weighted by Crippen LogP contribution is -1.86. The maximum absolute atomic E-state index is 10.3. The van der Waals surface area contributed by atoms with Crippen molar-refractivity contribution < 1.29 is 4.79 Å². The van der Waals surface area contributed by atoms with Crippen molar-refractivity contribution in [2.45, 2.75) is 0 Å². The number of aromatic amines is 1. The van der Waals surface area contributed by atoms with E-state index in [2.05, 4.69) is 22.8 Å². The first-order valence-corrected chi connectivity index (χ1v) is 2.48. The minimum atomic E-state index is -0.289. The first-order chi connectivity index (χ1) is 3.80. The van der Waals surface area contributed by atoms with Crippen molar-refractivity contribution >= 4 is 17.7 Å².